The summed E-state index contributed by atoms with van der Waals surface area (Å²) in [5.74, 6) is 1.00. The minimum atomic E-state index is 0.444. The van der Waals surface area contributed by atoms with Gasteiger partial charge in [0.15, 0.2) is 11.4 Å². The van der Waals surface area contributed by atoms with Crippen molar-refractivity contribution in [2.24, 2.45) is 0 Å². The molecule has 0 aliphatic carbocycles. The summed E-state index contributed by atoms with van der Waals surface area (Å²) in [4.78, 5) is 4.44. The summed E-state index contributed by atoms with van der Waals surface area (Å²) in [5.41, 5.74) is 2.64. The van der Waals surface area contributed by atoms with Crippen molar-refractivity contribution in [1.29, 1.82) is 5.26 Å². The van der Waals surface area contributed by atoms with E-state index in [-0.39, 0.29) is 0 Å². The number of nitriles is 1. The number of halogens is 1. The molecular formula is C17H9ClN4O. The molecule has 3 aromatic heterocycles. The van der Waals surface area contributed by atoms with Crippen LogP contribution in [-0.4, -0.2) is 14.6 Å². The molecule has 4 rings (SSSR count). The Morgan fingerprint density at radius 2 is 1.96 bits per heavy atom. The Kier molecular flexibility index (Phi) is 3.11. The van der Waals surface area contributed by atoms with Crippen molar-refractivity contribution in [3.05, 3.63) is 65.5 Å². The van der Waals surface area contributed by atoms with E-state index < -0.39 is 0 Å². The number of aromatic nitrogens is 3. The standard InChI is InChI=1S/C17H9ClN4O/c18-12-5-3-11(4-6-12)13-7-8-22-17(14(13)10-19)20-16(21-22)15-2-1-9-23-15/h1-9H. The highest BCUT2D eigenvalue weighted by Gasteiger charge is 2.15. The maximum atomic E-state index is 9.59. The maximum absolute atomic E-state index is 9.59. The lowest BCUT2D eigenvalue weighted by molar-refractivity contribution is 0.577. The van der Waals surface area contributed by atoms with E-state index in [1.165, 1.54) is 0 Å². The van der Waals surface area contributed by atoms with E-state index in [1.807, 2.05) is 18.2 Å². The van der Waals surface area contributed by atoms with Gasteiger partial charge in [-0.2, -0.15) is 5.26 Å². The normalized spacial score (nSPS) is 10.8. The molecule has 0 N–H and O–H groups in total. The fourth-order valence-corrected chi connectivity index (χ4v) is 2.56. The van der Waals surface area contributed by atoms with Crippen LogP contribution >= 0.6 is 11.6 Å². The Morgan fingerprint density at radius 1 is 1.13 bits per heavy atom. The first kappa shape index (κ1) is 13.6. The number of fused-ring (bicyclic) bond motifs is 1. The second-order valence-electron chi connectivity index (χ2n) is 4.90. The second-order valence-corrected chi connectivity index (χ2v) is 5.34. The molecule has 0 aliphatic heterocycles. The highest BCUT2D eigenvalue weighted by Crippen LogP contribution is 2.28. The molecule has 0 atom stereocenters. The van der Waals surface area contributed by atoms with E-state index in [2.05, 4.69) is 16.2 Å². The van der Waals surface area contributed by atoms with Crippen LogP contribution in [0, 0.1) is 11.3 Å². The smallest absolute Gasteiger partial charge is 0.217 e. The topological polar surface area (TPSA) is 67.1 Å². The molecule has 1 aromatic carbocycles. The van der Waals surface area contributed by atoms with Gasteiger partial charge in [-0.25, -0.2) is 9.50 Å². The number of furan rings is 1. The van der Waals surface area contributed by atoms with Gasteiger partial charge in [-0.1, -0.05) is 23.7 Å². The van der Waals surface area contributed by atoms with Crippen LogP contribution in [0.15, 0.2) is 59.3 Å². The maximum Gasteiger partial charge on any atom is 0.217 e. The Balaban J connectivity index is 1.93. The van der Waals surface area contributed by atoms with Crippen molar-refractivity contribution in [1.82, 2.24) is 14.6 Å². The molecule has 0 bridgehead atoms. The van der Waals surface area contributed by atoms with Crippen LogP contribution in [0.5, 0.6) is 0 Å². The monoisotopic (exact) mass is 320 g/mol. The zero-order valence-corrected chi connectivity index (χ0v) is 12.5. The van der Waals surface area contributed by atoms with Crippen molar-refractivity contribution in [3.63, 3.8) is 0 Å². The van der Waals surface area contributed by atoms with Crippen LogP contribution in [0.4, 0.5) is 0 Å². The lowest BCUT2D eigenvalue weighted by atomic mass is 10.0. The van der Waals surface area contributed by atoms with E-state index in [4.69, 9.17) is 16.0 Å². The van der Waals surface area contributed by atoms with Crippen molar-refractivity contribution in [2.75, 3.05) is 0 Å². The predicted octanol–water partition coefficient (Wildman–Crippen LogP) is 4.18. The Labute approximate surface area is 136 Å². The first-order valence-corrected chi connectivity index (χ1v) is 7.23. The van der Waals surface area contributed by atoms with Gasteiger partial charge >= 0.3 is 0 Å². The van der Waals surface area contributed by atoms with Crippen molar-refractivity contribution < 1.29 is 4.42 Å². The quantitative estimate of drug-likeness (QED) is 0.555. The summed E-state index contributed by atoms with van der Waals surface area (Å²) in [6.07, 6.45) is 3.34. The zero-order valence-electron chi connectivity index (χ0n) is 11.8. The predicted molar refractivity (Wildman–Crippen MR) is 85.9 cm³/mol. The third-order valence-corrected chi connectivity index (χ3v) is 3.77. The SMILES string of the molecule is N#Cc1c(-c2ccc(Cl)cc2)ccn2nc(-c3ccco3)nc12. The number of benzene rings is 1. The average molecular weight is 321 g/mol. The summed E-state index contributed by atoms with van der Waals surface area (Å²) in [6, 6.07) is 14.9. The molecule has 0 unspecified atom stereocenters. The molecule has 0 spiro atoms. The Bertz CT molecular complexity index is 1030. The number of rotatable bonds is 2. The van der Waals surface area contributed by atoms with Gasteiger partial charge < -0.3 is 4.42 Å². The van der Waals surface area contributed by atoms with Gasteiger partial charge in [0.25, 0.3) is 0 Å². The number of nitrogens with zero attached hydrogens (tertiary/aromatic N) is 4. The minimum absolute atomic E-state index is 0.444. The highest BCUT2D eigenvalue weighted by molar-refractivity contribution is 6.30. The first-order valence-electron chi connectivity index (χ1n) is 6.85. The molecule has 3 heterocycles. The van der Waals surface area contributed by atoms with Crippen LogP contribution in [0.3, 0.4) is 0 Å². The van der Waals surface area contributed by atoms with Gasteiger partial charge in [0.1, 0.15) is 11.6 Å². The summed E-state index contributed by atoms with van der Waals surface area (Å²) in [5, 5.41) is 14.6. The van der Waals surface area contributed by atoms with Gasteiger partial charge in [0.05, 0.1) is 6.26 Å². The summed E-state index contributed by atoms with van der Waals surface area (Å²) >= 11 is 5.93. The van der Waals surface area contributed by atoms with Crippen LogP contribution in [0.25, 0.3) is 28.4 Å². The highest BCUT2D eigenvalue weighted by atomic mass is 35.5. The van der Waals surface area contributed by atoms with Crippen LogP contribution in [0.2, 0.25) is 5.02 Å². The van der Waals surface area contributed by atoms with Crippen molar-refractivity contribution >= 4 is 17.2 Å². The average Bonchev–Trinajstić information content (AvgIpc) is 3.23. The van der Waals surface area contributed by atoms with Gasteiger partial charge in [0.2, 0.25) is 5.82 Å². The largest absolute Gasteiger partial charge is 0.461 e. The zero-order chi connectivity index (χ0) is 15.8. The fourth-order valence-electron chi connectivity index (χ4n) is 2.44. The minimum Gasteiger partial charge on any atom is -0.461 e. The summed E-state index contributed by atoms with van der Waals surface area (Å²) < 4.78 is 6.89. The number of hydrogen-bond acceptors (Lipinski definition) is 4. The van der Waals surface area contributed by atoms with Crippen molar-refractivity contribution in [2.45, 2.75) is 0 Å². The molecule has 23 heavy (non-hydrogen) atoms. The van der Waals surface area contributed by atoms with E-state index in [0.717, 1.165) is 11.1 Å². The van der Waals surface area contributed by atoms with Crippen LogP contribution < -0.4 is 0 Å². The Morgan fingerprint density at radius 3 is 2.65 bits per heavy atom. The molecule has 0 saturated carbocycles. The molecule has 0 fully saturated rings. The molecule has 0 saturated heterocycles. The lowest BCUT2D eigenvalue weighted by Gasteiger charge is -2.05. The lowest BCUT2D eigenvalue weighted by Crippen LogP contribution is -1.93. The molecule has 0 amide bonds. The summed E-state index contributed by atoms with van der Waals surface area (Å²) in [6.45, 7) is 0. The third-order valence-electron chi connectivity index (χ3n) is 3.52. The third kappa shape index (κ3) is 2.26. The van der Waals surface area contributed by atoms with Gasteiger partial charge in [-0.3, -0.25) is 0 Å². The van der Waals surface area contributed by atoms with Crippen LogP contribution in [-0.2, 0) is 0 Å². The van der Waals surface area contributed by atoms with E-state index in [0.29, 0.717) is 27.8 Å². The molecule has 110 valence electrons. The second kappa shape index (κ2) is 5.27. The molecular weight excluding hydrogens is 312 g/mol. The van der Waals surface area contributed by atoms with Gasteiger partial charge in [-0.15, -0.1) is 5.10 Å². The number of hydrogen-bond donors (Lipinski definition) is 0. The molecule has 4 aromatic rings. The van der Waals surface area contributed by atoms with E-state index >= 15 is 0 Å². The van der Waals surface area contributed by atoms with Crippen molar-refractivity contribution in [3.8, 4) is 28.8 Å². The summed E-state index contributed by atoms with van der Waals surface area (Å²) in [7, 11) is 0. The van der Waals surface area contributed by atoms with Crippen LogP contribution in [0.1, 0.15) is 5.56 Å². The van der Waals surface area contributed by atoms with E-state index in [1.54, 1.807) is 41.2 Å². The molecule has 0 radical (unpaired) electrons. The Hall–Kier alpha value is -3.10. The van der Waals surface area contributed by atoms with Gasteiger partial charge in [0, 0.05) is 16.8 Å². The van der Waals surface area contributed by atoms with Gasteiger partial charge in [-0.05, 0) is 35.9 Å². The first-order chi connectivity index (χ1) is 11.3. The molecule has 0 aliphatic rings. The number of pyridine rings is 1. The molecule has 6 heteroatoms. The molecule has 5 nitrogen and oxygen atoms in total. The fraction of sp³-hybridized carbons (Fsp3) is 0. The van der Waals surface area contributed by atoms with E-state index in [9.17, 15) is 5.26 Å².